The van der Waals surface area contributed by atoms with E-state index in [9.17, 15) is 10.1 Å². The Bertz CT molecular complexity index is 118. The van der Waals surface area contributed by atoms with Gasteiger partial charge in [-0.1, -0.05) is 0 Å². The summed E-state index contributed by atoms with van der Waals surface area (Å²) in [7, 11) is 0. The first kappa shape index (κ1) is 10.2. The molecular formula is C6H14N2O3. The van der Waals surface area contributed by atoms with Crippen molar-refractivity contribution in [1.29, 1.82) is 0 Å². The molecule has 0 fully saturated rings. The molecule has 1 N–H and O–H groups in total. The highest BCUT2D eigenvalue weighted by Gasteiger charge is 2.08. The molecule has 5 heteroatoms. The molecule has 0 aliphatic heterocycles. The Hall–Kier alpha value is -0.840. The van der Waals surface area contributed by atoms with E-state index in [0.717, 1.165) is 5.01 Å². The topological polar surface area (TPSA) is 66.6 Å². The van der Waals surface area contributed by atoms with Gasteiger partial charge in [0, 0.05) is 6.61 Å². The summed E-state index contributed by atoms with van der Waals surface area (Å²) in [4.78, 5) is 10.2. The molecule has 66 valence electrons. The Morgan fingerprint density at radius 1 is 1.55 bits per heavy atom. The molecule has 0 aliphatic rings. The first-order valence-electron chi connectivity index (χ1n) is 3.72. The quantitative estimate of drug-likeness (QED) is 0.346. The van der Waals surface area contributed by atoms with Crippen molar-refractivity contribution in [3.05, 3.63) is 10.1 Å². The molecule has 5 nitrogen and oxygen atoms in total. The minimum atomic E-state index is -0.405. The summed E-state index contributed by atoms with van der Waals surface area (Å²) < 4.78 is 0. The summed E-state index contributed by atoms with van der Waals surface area (Å²) in [6.45, 7) is 2.68. The fourth-order valence-corrected chi connectivity index (χ4v) is 0.761. The van der Waals surface area contributed by atoms with Gasteiger partial charge in [-0.3, -0.25) is 0 Å². The molecule has 0 rings (SSSR count). The lowest BCUT2D eigenvalue weighted by atomic mass is 10.3. The second-order valence-corrected chi connectivity index (χ2v) is 2.21. The maximum atomic E-state index is 10.2. The monoisotopic (exact) mass is 162 g/mol. The van der Waals surface area contributed by atoms with Gasteiger partial charge in [0.2, 0.25) is 0 Å². The van der Waals surface area contributed by atoms with E-state index < -0.39 is 5.03 Å². The van der Waals surface area contributed by atoms with E-state index in [0.29, 0.717) is 25.9 Å². The molecule has 0 saturated carbocycles. The minimum Gasteiger partial charge on any atom is -0.396 e. The third-order valence-corrected chi connectivity index (χ3v) is 1.42. The summed E-state index contributed by atoms with van der Waals surface area (Å²) in [6, 6.07) is 0. The van der Waals surface area contributed by atoms with E-state index in [1.54, 1.807) is 6.92 Å². The van der Waals surface area contributed by atoms with Crippen molar-refractivity contribution >= 4 is 0 Å². The molecule has 0 heterocycles. The fourth-order valence-electron chi connectivity index (χ4n) is 0.761. The van der Waals surface area contributed by atoms with Gasteiger partial charge in [0.05, 0.1) is 13.1 Å². The second-order valence-electron chi connectivity index (χ2n) is 2.21. The van der Waals surface area contributed by atoms with Crippen LogP contribution in [0.15, 0.2) is 0 Å². The van der Waals surface area contributed by atoms with E-state index in [2.05, 4.69) is 0 Å². The summed E-state index contributed by atoms with van der Waals surface area (Å²) in [5.74, 6) is 0. The smallest absolute Gasteiger partial charge is 0.160 e. The number of aliphatic hydroxyl groups excluding tert-OH is 1. The lowest BCUT2D eigenvalue weighted by Gasteiger charge is -2.10. The van der Waals surface area contributed by atoms with E-state index in [1.165, 1.54) is 0 Å². The van der Waals surface area contributed by atoms with Gasteiger partial charge in [-0.15, -0.1) is 5.01 Å². The molecule has 0 aromatic carbocycles. The maximum absolute atomic E-state index is 10.2. The predicted molar refractivity (Wildman–Crippen MR) is 40.6 cm³/mol. The zero-order valence-electron chi connectivity index (χ0n) is 6.69. The molecular weight excluding hydrogens is 148 g/mol. The van der Waals surface area contributed by atoms with Gasteiger partial charge in [-0.2, -0.15) is 0 Å². The van der Waals surface area contributed by atoms with Crippen LogP contribution in [0, 0.1) is 10.1 Å². The van der Waals surface area contributed by atoms with Crippen molar-refractivity contribution in [2.24, 2.45) is 0 Å². The van der Waals surface area contributed by atoms with Crippen molar-refractivity contribution in [3.8, 4) is 0 Å². The number of hydrogen-bond donors (Lipinski definition) is 1. The lowest BCUT2D eigenvalue weighted by molar-refractivity contribution is -0.654. The van der Waals surface area contributed by atoms with Gasteiger partial charge in [0.1, 0.15) is 0 Å². The summed E-state index contributed by atoms with van der Waals surface area (Å²) in [5.41, 5.74) is 0. The number of nitrogens with zero attached hydrogens (tertiary/aromatic N) is 2. The normalized spacial score (nSPS) is 9.64. The van der Waals surface area contributed by atoms with E-state index in [4.69, 9.17) is 5.11 Å². The average Bonchev–Trinajstić information content (AvgIpc) is 1.97. The zero-order valence-corrected chi connectivity index (χ0v) is 6.69. The van der Waals surface area contributed by atoms with Gasteiger partial charge in [-0.25, -0.2) is 10.1 Å². The summed E-state index contributed by atoms with van der Waals surface area (Å²) in [5, 5.41) is 19.3. The van der Waals surface area contributed by atoms with Gasteiger partial charge in [0.25, 0.3) is 0 Å². The largest absolute Gasteiger partial charge is 0.396 e. The van der Waals surface area contributed by atoms with Gasteiger partial charge in [0.15, 0.2) is 5.03 Å². The van der Waals surface area contributed by atoms with Crippen LogP contribution < -0.4 is 0 Å². The number of hydrazine groups is 1. The van der Waals surface area contributed by atoms with Crippen molar-refractivity contribution in [2.45, 2.75) is 19.8 Å². The Kier molecular flexibility index (Phi) is 5.46. The molecule has 0 saturated heterocycles. The highest BCUT2D eigenvalue weighted by Crippen LogP contribution is 1.93. The van der Waals surface area contributed by atoms with E-state index >= 15 is 0 Å². The Morgan fingerprint density at radius 2 is 2.18 bits per heavy atom. The van der Waals surface area contributed by atoms with Crippen LogP contribution >= 0.6 is 0 Å². The van der Waals surface area contributed by atoms with Crippen molar-refractivity contribution < 1.29 is 10.1 Å². The fraction of sp³-hybridized carbons (Fsp3) is 1.00. The molecule has 0 atom stereocenters. The molecule has 0 radical (unpaired) electrons. The Balaban J connectivity index is 3.44. The van der Waals surface area contributed by atoms with E-state index in [-0.39, 0.29) is 6.61 Å². The van der Waals surface area contributed by atoms with Crippen LogP contribution in [0.5, 0.6) is 0 Å². The van der Waals surface area contributed by atoms with Crippen molar-refractivity contribution in [2.75, 3.05) is 19.7 Å². The highest BCUT2D eigenvalue weighted by atomic mass is 16.7. The standard InChI is InChI=1S/C6H14N2O3/c1-2-7(8(10)11)5-3-4-6-9/h9H,2-6H2,1H3. The molecule has 11 heavy (non-hydrogen) atoms. The van der Waals surface area contributed by atoms with Crippen LogP contribution in [-0.4, -0.2) is 34.8 Å². The van der Waals surface area contributed by atoms with Gasteiger partial charge in [-0.05, 0) is 19.8 Å². The van der Waals surface area contributed by atoms with Crippen LogP contribution in [0.25, 0.3) is 0 Å². The molecule has 0 amide bonds. The third kappa shape index (κ3) is 4.55. The summed E-state index contributed by atoms with van der Waals surface area (Å²) in [6.07, 6.45) is 1.30. The first-order chi connectivity index (χ1) is 5.22. The molecule has 0 unspecified atom stereocenters. The second kappa shape index (κ2) is 5.91. The minimum absolute atomic E-state index is 0.106. The van der Waals surface area contributed by atoms with Crippen molar-refractivity contribution in [1.82, 2.24) is 5.01 Å². The summed E-state index contributed by atoms with van der Waals surface area (Å²) >= 11 is 0. The lowest BCUT2D eigenvalue weighted by Crippen LogP contribution is -2.30. The number of nitro groups is 1. The molecule has 0 spiro atoms. The Labute approximate surface area is 65.7 Å². The average molecular weight is 162 g/mol. The molecule has 0 aromatic rings. The van der Waals surface area contributed by atoms with Crippen LogP contribution in [0.3, 0.4) is 0 Å². The maximum Gasteiger partial charge on any atom is 0.160 e. The van der Waals surface area contributed by atoms with Crippen LogP contribution in [-0.2, 0) is 0 Å². The van der Waals surface area contributed by atoms with Crippen LogP contribution in [0.4, 0.5) is 0 Å². The number of hydrogen-bond acceptors (Lipinski definition) is 3. The number of aliphatic hydroxyl groups is 1. The molecule has 0 aromatic heterocycles. The van der Waals surface area contributed by atoms with E-state index in [1.807, 2.05) is 0 Å². The van der Waals surface area contributed by atoms with Crippen LogP contribution in [0.2, 0.25) is 0 Å². The third-order valence-electron chi connectivity index (χ3n) is 1.42. The zero-order chi connectivity index (χ0) is 8.69. The van der Waals surface area contributed by atoms with Gasteiger partial charge >= 0.3 is 0 Å². The predicted octanol–water partition coefficient (Wildman–Crippen LogP) is 0.273. The first-order valence-corrected chi connectivity index (χ1v) is 3.72. The van der Waals surface area contributed by atoms with Gasteiger partial charge < -0.3 is 5.11 Å². The molecule has 0 bridgehead atoms. The van der Waals surface area contributed by atoms with Crippen molar-refractivity contribution in [3.63, 3.8) is 0 Å². The van der Waals surface area contributed by atoms with Crippen LogP contribution in [0.1, 0.15) is 19.8 Å². The number of unbranched alkanes of at least 4 members (excludes halogenated alkanes) is 1. The Morgan fingerprint density at radius 3 is 2.55 bits per heavy atom. The molecule has 0 aliphatic carbocycles. The highest BCUT2D eigenvalue weighted by molar-refractivity contribution is 4.43. The SMILES string of the molecule is CCN(CCCCO)[N+](=O)[O-]. The number of rotatable bonds is 6.